The smallest absolute Gasteiger partial charge is 0.0875 e. The van der Waals surface area contributed by atoms with Crippen LogP contribution < -0.4 is 0 Å². The van der Waals surface area contributed by atoms with E-state index in [9.17, 15) is 0 Å². The molecular weight excluding hydrogens is 220 g/mol. The van der Waals surface area contributed by atoms with Crippen LogP contribution in [0, 0.1) is 59.2 Å². The second-order valence-electron chi connectivity index (χ2n) is 8.63. The van der Waals surface area contributed by atoms with Crippen molar-refractivity contribution in [2.24, 2.45) is 59.2 Å². The van der Waals surface area contributed by atoms with Crippen molar-refractivity contribution in [1.29, 1.82) is 0 Å². The third-order valence-corrected chi connectivity index (χ3v) is 8.74. The molecule has 5 aliphatic carbocycles. The van der Waals surface area contributed by atoms with E-state index in [1.54, 1.807) is 19.3 Å². The fraction of sp³-hybridized carbons (Fsp3) is 1.00. The minimum Gasteiger partial charge on any atom is -0.369 e. The van der Waals surface area contributed by atoms with Crippen LogP contribution in [0.25, 0.3) is 0 Å². The number of hydrogen-bond donors (Lipinski definition) is 0. The molecule has 1 heterocycles. The molecule has 0 aromatic carbocycles. The lowest BCUT2D eigenvalue weighted by Crippen LogP contribution is -2.35. The molecule has 0 N–H and O–H groups in total. The minimum absolute atomic E-state index is 0.738. The van der Waals surface area contributed by atoms with Gasteiger partial charge in [-0.25, -0.2) is 0 Å². The Morgan fingerprint density at radius 3 is 2.06 bits per heavy atom. The summed E-state index contributed by atoms with van der Waals surface area (Å²) < 4.78 is 5.95. The number of fused-ring (bicyclic) bond motifs is 14. The molecule has 12 unspecified atom stereocenters. The van der Waals surface area contributed by atoms with E-state index in [2.05, 4.69) is 13.8 Å². The molecule has 6 rings (SSSR count). The Morgan fingerprint density at radius 2 is 1.17 bits per heavy atom. The van der Waals surface area contributed by atoms with Crippen LogP contribution in [0.4, 0.5) is 0 Å². The first-order valence-electron chi connectivity index (χ1n) is 8.41. The molecule has 1 nitrogen and oxygen atoms in total. The van der Waals surface area contributed by atoms with Crippen LogP contribution in [0.1, 0.15) is 33.1 Å². The highest BCUT2D eigenvalue weighted by atomic mass is 16.6. The van der Waals surface area contributed by atoms with Crippen molar-refractivity contribution < 1.29 is 4.74 Å². The van der Waals surface area contributed by atoms with Crippen molar-refractivity contribution >= 4 is 0 Å². The number of hydrogen-bond acceptors (Lipinski definition) is 1. The van der Waals surface area contributed by atoms with E-state index in [0.717, 1.165) is 71.4 Å². The second-order valence-corrected chi connectivity index (χ2v) is 8.63. The first kappa shape index (κ1) is 9.80. The van der Waals surface area contributed by atoms with Gasteiger partial charge in [0.25, 0.3) is 0 Å². The second kappa shape index (κ2) is 2.71. The summed E-state index contributed by atoms with van der Waals surface area (Å²) in [6.07, 6.45) is 6.22. The van der Waals surface area contributed by atoms with Crippen LogP contribution in [0.5, 0.6) is 0 Å². The third kappa shape index (κ3) is 0.821. The predicted molar refractivity (Wildman–Crippen MR) is 68.8 cm³/mol. The highest BCUT2D eigenvalue weighted by molar-refractivity contribution is 5.21. The molecule has 98 valence electrons. The highest BCUT2D eigenvalue weighted by Crippen LogP contribution is 2.75. The standard InChI is InChI=1S/C17H24O/c1-6-7(2)9-3-8(6)10-4-11-12-5-13(15(11)14(9)10)17-16(12)18-17/h6-17H,3-5H2,1-2H3. The Balaban J connectivity index is 1.43. The van der Waals surface area contributed by atoms with Crippen LogP contribution >= 0.6 is 0 Å². The molecule has 18 heavy (non-hydrogen) atoms. The maximum Gasteiger partial charge on any atom is 0.0875 e. The number of rotatable bonds is 0. The van der Waals surface area contributed by atoms with Gasteiger partial charge in [0.15, 0.2) is 0 Å². The van der Waals surface area contributed by atoms with E-state index < -0.39 is 0 Å². The summed E-state index contributed by atoms with van der Waals surface area (Å²) in [5.41, 5.74) is 0. The van der Waals surface area contributed by atoms with Gasteiger partial charge in [0, 0.05) is 0 Å². The third-order valence-electron chi connectivity index (χ3n) is 8.74. The Hall–Kier alpha value is -0.0400. The zero-order chi connectivity index (χ0) is 11.8. The van der Waals surface area contributed by atoms with E-state index >= 15 is 0 Å². The van der Waals surface area contributed by atoms with Crippen molar-refractivity contribution in [3.05, 3.63) is 0 Å². The zero-order valence-electron chi connectivity index (χ0n) is 11.5. The van der Waals surface area contributed by atoms with E-state index in [4.69, 9.17) is 4.74 Å². The van der Waals surface area contributed by atoms with E-state index in [0.29, 0.717) is 0 Å². The molecular formula is C17H24O. The Kier molecular flexibility index (Phi) is 1.47. The van der Waals surface area contributed by atoms with Gasteiger partial charge in [-0.3, -0.25) is 0 Å². The monoisotopic (exact) mass is 244 g/mol. The zero-order valence-corrected chi connectivity index (χ0v) is 11.5. The SMILES string of the molecule is CC1C(C)C2CC1C1CC3C4CC(C5OC45)C3C21. The summed E-state index contributed by atoms with van der Waals surface area (Å²) in [5.74, 6) is 10.7. The Morgan fingerprint density at radius 1 is 0.611 bits per heavy atom. The first-order valence-corrected chi connectivity index (χ1v) is 8.41. The first-order chi connectivity index (χ1) is 8.75. The van der Waals surface area contributed by atoms with Gasteiger partial charge in [0.2, 0.25) is 0 Å². The molecule has 12 atom stereocenters. The van der Waals surface area contributed by atoms with Crippen LogP contribution in [-0.4, -0.2) is 12.2 Å². The summed E-state index contributed by atoms with van der Waals surface area (Å²) in [4.78, 5) is 0. The minimum atomic E-state index is 0.738. The molecule has 0 amide bonds. The summed E-state index contributed by atoms with van der Waals surface area (Å²) >= 11 is 0. The van der Waals surface area contributed by atoms with Gasteiger partial charge < -0.3 is 4.74 Å². The van der Waals surface area contributed by atoms with Crippen LogP contribution in [-0.2, 0) is 4.74 Å². The molecule has 1 heteroatoms. The van der Waals surface area contributed by atoms with Gasteiger partial charge in [-0.05, 0) is 78.4 Å². The van der Waals surface area contributed by atoms with Crippen LogP contribution in [0.2, 0.25) is 0 Å². The molecule has 1 saturated heterocycles. The fourth-order valence-electron chi connectivity index (χ4n) is 8.12. The summed E-state index contributed by atoms with van der Waals surface area (Å²) in [6, 6.07) is 0. The van der Waals surface area contributed by atoms with Crippen molar-refractivity contribution in [3.63, 3.8) is 0 Å². The molecule has 4 bridgehead atoms. The van der Waals surface area contributed by atoms with Gasteiger partial charge >= 0.3 is 0 Å². The fourth-order valence-corrected chi connectivity index (χ4v) is 8.12. The molecule has 0 aromatic rings. The van der Waals surface area contributed by atoms with Gasteiger partial charge in [-0.15, -0.1) is 0 Å². The molecule has 0 aromatic heterocycles. The molecule has 0 radical (unpaired) electrons. The van der Waals surface area contributed by atoms with Crippen LogP contribution in [0.3, 0.4) is 0 Å². The maximum absolute atomic E-state index is 5.95. The van der Waals surface area contributed by atoms with Gasteiger partial charge in [-0.2, -0.15) is 0 Å². The Labute approximate surface area is 110 Å². The quantitative estimate of drug-likeness (QED) is 0.596. The van der Waals surface area contributed by atoms with E-state index in [-0.39, 0.29) is 0 Å². The Bertz CT molecular complexity index is 431. The average molecular weight is 244 g/mol. The normalized spacial score (nSPS) is 77.7. The molecule has 1 aliphatic heterocycles. The molecule has 6 aliphatic rings. The molecule has 5 saturated carbocycles. The number of epoxide rings is 1. The predicted octanol–water partition coefficient (Wildman–Crippen LogP) is 3.19. The van der Waals surface area contributed by atoms with E-state index in [1.807, 2.05) is 0 Å². The lowest BCUT2D eigenvalue weighted by Gasteiger charge is -2.38. The van der Waals surface area contributed by atoms with E-state index in [1.165, 1.54) is 0 Å². The average Bonchev–Trinajstić information content (AvgIpc) is 2.72. The highest BCUT2D eigenvalue weighted by Gasteiger charge is 2.74. The van der Waals surface area contributed by atoms with Crippen molar-refractivity contribution in [2.45, 2.75) is 45.3 Å². The van der Waals surface area contributed by atoms with Gasteiger partial charge in [0.05, 0.1) is 12.2 Å². The molecule has 6 fully saturated rings. The van der Waals surface area contributed by atoms with Gasteiger partial charge in [0.1, 0.15) is 0 Å². The van der Waals surface area contributed by atoms with Gasteiger partial charge in [-0.1, -0.05) is 13.8 Å². The lowest BCUT2D eigenvalue weighted by molar-refractivity contribution is 0.0875. The lowest BCUT2D eigenvalue weighted by atomic mass is 9.66. The summed E-state index contributed by atoms with van der Waals surface area (Å²) in [6.45, 7) is 5.11. The van der Waals surface area contributed by atoms with Crippen molar-refractivity contribution in [3.8, 4) is 0 Å². The number of ether oxygens (including phenoxy) is 1. The topological polar surface area (TPSA) is 12.5 Å². The maximum atomic E-state index is 5.95. The van der Waals surface area contributed by atoms with Crippen LogP contribution in [0.15, 0.2) is 0 Å². The molecule has 0 spiro atoms. The summed E-state index contributed by atoms with van der Waals surface area (Å²) in [5, 5.41) is 0. The van der Waals surface area contributed by atoms with Crippen molar-refractivity contribution in [1.82, 2.24) is 0 Å². The largest absolute Gasteiger partial charge is 0.369 e. The summed E-state index contributed by atoms with van der Waals surface area (Å²) in [7, 11) is 0. The van der Waals surface area contributed by atoms with Crippen molar-refractivity contribution in [2.75, 3.05) is 0 Å².